The van der Waals surface area contributed by atoms with Gasteiger partial charge >= 0.3 is 0 Å². The van der Waals surface area contributed by atoms with Crippen LogP contribution in [0.5, 0.6) is 0 Å². The molecule has 2 N–H and O–H groups in total. The van der Waals surface area contributed by atoms with Gasteiger partial charge in [-0.3, -0.25) is 0 Å². The summed E-state index contributed by atoms with van der Waals surface area (Å²) in [6.45, 7) is 4.30. The largest absolute Gasteiger partial charge is 0.399 e. The van der Waals surface area contributed by atoms with Crippen LogP contribution in [0.2, 0.25) is 0 Å². The van der Waals surface area contributed by atoms with E-state index in [1.54, 1.807) is 23.7 Å². The van der Waals surface area contributed by atoms with Crippen LogP contribution in [0.25, 0.3) is 10.5 Å². The van der Waals surface area contributed by atoms with Gasteiger partial charge in [0.2, 0.25) is 0 Å². The van der Waals surface area contributed by atoms with Crippen LogP contribution >= 0.6 is 11.3 Å². The molecule has 0 saturated heterocycles. The Morgan fingerprint density at radius 2 is 1.74 bits per heavy atom. The number of nitrogens with zero attached hydrogens (tertiary/aromatic N) is 3. The Hall–Kier alpha value is -2.01. The zero-order chi connectivity index (χ0) is 13.5. The lowest BCUT2D eigenvalue weighted by atomic mass is 9.85. The minimum absolute atomic E-state index is 0.180. The van der Waals surface area contributed by atoms with Gasteiger partial charge in [-0.2, -0.15) is 0 Å². The Morgan fingerprint density at radius 1 is 1.05 bits per heavy atom. The third-order valence-electron chi connectivity index (χ3n) is 3.21. The summed E-state index contributed by atoms with van der Waals surface area (Å²) in [5.41, 5.74) is 8.22. The standard InChI is InChI=1S/C14H14N4S/c1-14(2,9-3-5-10(15)6-4-9)13-18-11-12(19-13)17-8-7-16-11/h3-8H,15H2,1-2H3. The minimum atomic E-state index is -0.180. The van der Waals surface area contributed by atoms with Crippen LogP contribution in [0.4, 0.5) is 5.69 Å². The van der Waals surface area contributed by atoms with Crippen molar-refractivity contribution in [1.29, 1.82) is 0 Å². The molecular formula is C14H14N4S. The molecule has 5 heteroatoms. The number of anilines is 1. The molecule has 0 fully saturated rings. The molecule has 0 atom stereocenters. The molecule has 0 unspecified atom stereocenters. The second-order valence-electron chi connectivity index (χ2n) is 4.95. The summed E-state index contributed by atoms with van der Waals surface area (Å²) in [5, 5.41) is 1.01. The van der Waals surface area contributed by atoms with Crippen LogP contribution < -0.4 is 5.73 Å². The predicted molar refractivity (Wildman–Crippen MR) is 78.2 cm³/mol. The molecule has 0 bridgehead atoms. The van der Waals surface area contributed by atoms with Gasteiger partial charge in [0.1, 0.15) is 5.01 Å². The summed E-state index contributed by atoms with van der Waals surface area (Å²) in [6, 6.07) is 7.92. The summed E-state index contributed by atoms with van der Waals surface area (Å²) in [7, 11) is 0. The second kappa shape index (κ2) is 4.28. The molecule has 0 amide bonds. The normalized spacial score (nSPS) is 11.9. The van der Waals surface area contributed by atoms with E-state index in [4.69, 9.17) is 5.73 Å². The molecule has 0 saturated carbocycles. The topological polar surface area (TPSA) is 64.7 Å². The zero-order valence-corrected chi connectivity index (χ0v) is 11.6. The number of aromatic nitrogens is 3. The van der Waals surface area contributed by atoms with Gasteiger partial charge in [-0.25, -0.2) is 15.0 Å². The molecule has 2 heterocycles. The molecule has 0 aliphatic heterocycles. The highest BCUT2D eigenvalue weighted by Crippen LogP contribution is 2.35. The summed E-state index contributed by atoms with van der Waals surface area (Å²) in [4.78, 5) is 14.0. The van der Waals surface area contributed by atoms with Crippen LogP contribution in [-0.4, -0.2) is 15.0 Å². The first-order valence-corrected chi connectivity index (χ1v) is 6.83. The van der Waals surface area contributed by atoms with E-state index in [9.17, 15) is 0 Å². The van der Waals surface area contributed by atoms with Crippen molar-refractivity contribution >= 4 is 27.5 Å². The van der Waals surface area contributed by atoms with Gasteiger partial charge in [-0.1, -0.05) is 23.5 Å². The molecule has 2 aromatic heterocycles. The Bertz CT molecular complexity index is 683. The average Bonchev–Trinajstić information content (AvgIpc) is 2.83. The Kier molecular flexibility index (Phi) is 2.71. The highest BCUT2D eigenvalue weighted by molar-refractivity contribution is 7.18. The smallest absolute Gasteiger partial charge is 0.189 e. The van der Waals surface area contributed by atoms with Crippen molar-refractivity contribution in [3.05, 3.63) is 47.2 Å². The van der Waals surface area contributed by atoms with Crippen molar-refractivity contribution in [3.8, 4) is 0 Å². The van der Waals surface area contributed by atoms with E-state index in [2.05, 4.69) is 28.8 Å². The van der Waals surface area contributed by atoms with Gasteiger partial charge in [0.05, 0.1) is 0 Å². The Balaban J connectivity index is 2.10. The third-order valence-corrected chi connectivity index (χ3v) is 4.49. The van der Waals surface area contributed by atoms with E-state index in [-0.39, 0.29) is 5.41 Å². The molecule has 4 nitrogen and oxygen atoms in total. The van der Waals surface area contributed by atoms with Gasteiger partial charge in [0.25, 0.3) is 0 Å². The molecule has 0 aliphatic carbocycles. The Morgan fingerprint density at radius 3 is 2.42 bits per heavy atom. The zero-order valence-electron chi connectivity index (χ0n) is 10.8. The van der Waals surface area contributed by atoms with E-state index in [0.717, 1.165) is 15.5 Å². The van der Waals surface area contributed by atoms with Crippen molar-refractivity contribution in [1.82, 2.24) is 15.0 Å². The lowest BCUT2D eigenvalue weighted by Gasteiger charge is -2.22. The molecule has 96 valence electrons. The third kappa shape index (κ3) is 2.06. The maximum Gasteiger partial charge on any atom is 0.189 e. The number of nitrogens with two attached hydrogens (primary N) is 1. The summed E-state index contributed by atoms with van der Waals surface area (Å²) in [6.07, 6.45) is 3.36. The summed E-state index contributed by atoms with van der Waals surface area (Å²) >= 11 is 1.59. The first-order chi connectivity index (χ1) is 9.07. The number of fused-ring (bicyclic) bond motifs is 1. The van der Waals surface area contributed by atoms with Crippen LogP contribution in [0, 0.1) is 0 Å². The highest BCUT2D eigenvalue weighted by Gasteiger charge is 2.27. The van der Waals surface area contributed by atoms with E-state index < -0.39 is 0 Å². The first-order valence-electron chi connectivity index (χ1n) is 6.01. The van der Waals surface area contributed by atoms with E-state index in [0.29, 0.717) is 5.65 Å². The lowest BCUT2D eigenvalue weighted by Crippen LogP contribution is -2.18. The van der Waals surface area contributed by atoms with Crippen molar-refractivity contribution in [2.45, 2.75) is 19.3 Å². The van der Waals surface area contributed by atoms with Gasteiger partial charge in [-0.15, -0.1) is 0 Å². The summed E-state index contributed by atoms with van der Waals surface area (Å²) in [5.74, 6) is 0. The van der Waals surface area contributed by atoms with Gasteiger partial charge < -0.3 is 5.73 Å². The molecule has 0 aliphatic rings. The maximum atomic E-state index is 5.74. The number of hydrogen-bond acceptors (Lipinski definition) is 5. The Labute approximate surface area is 115 Å². The average molecular weight is 270 g/mol. The SMILES string of the molecule is CC(C)(c1ccc(N)cc1)c1nc2nccnc2s1. The predicted octanol–water partition coefficient (Wildman–Crippen LogP) is 2.99. The molecule has 0 spiro atoms. The van der Waals surface area contributed by atoms with Crippen LogP contribution in [0.15, 0.2) is 36.7 Å². The number of rotatable bonds is 2. The number of thiazole rings is 1. The fraction of sp³-hybridized carbons (Fsp3) is 0.214. The van der Waals surface area contributed by atoms with Gasteiger partial charge in [0.15, 0.2) is 10.5 Å². The van der Waals surface area contributed by atoms with Crippen molar-refractivity contribution in [3.63, 3.8) is 0 Å². The first kappa shape index (κ1) is 12.0. The number of benzene rings is 1. The van der Waals surface area contributed by atoms with Crippen molar-refractivity contribution in [2.75, 3.05) is 5.73 Å². The van der Waals surface area contributed by atoms with E-state index in [1.807, 2.05) is 24.3 Å². The van der Waals surface area contributed by atoms with Crippen LogP contribution in [0.3, 0.4) is 0 Å². The lowest BCUT2D eigenvalue weighted by molar-refractivity contribution is 0.636. The van der Waals surface area contributed by atoms with Crippen LogP contribution in [0.1, 0.15) is 24.4 Å². The van der Waals surface area contributed by atoms with E-state index in [1.165, 1.54) is 5.56 Å². The van der Waals surface area contributed by atoms with Crippen molar-refractivity contribution < 1.29 is 0 Å². The quantitative estimate of drug-likeness (QED) is 0.727. The van der Waals surface area contributed by atoms with Gasteiger partial charge in [-0.05, 0) is 31.5 Å². The molecular weight excluding hydrogens is 256 g/mol. The second-order valence-corrected chi connectivity index (χ2v) is 5.93. The van der Waals surface area contributed by atoms with Crippen LogP contribution in [-0.2, 0) is 5.41 Å². The molecule has 3 rings (SSSR count). The highest BCUT2D eigenvalue weighted by atomic mass is 32.1. The van der Waals surface area contributed by atoms with E-state index >= 15 is 0 Å². The monoisotopic (exact) mass is 270 g/mol. The minimum Gasteiger partial charge on any atom is -0.399 e. The molecule has 3 aromatic rings. The van der Waals surface area contributed by atoms with Crippen molar-refractivity contribution in [2.24, 2.45) is 0 Å². The molecule has 19 heavy (non-hydrogen) atoms. The van der Waals surface area contributed by atoms with Gasteiger partial charge in [0, 0.05) is 23.5 Å². The molecule has 0 radical (unpaired) electrons. The molecule has 1 aromatic carbocycles. The number of nitrogen functional groups attached to an aromatic ring is 1. The number of hydrogen-bond donors (Lipinski definition) is 1. The summed E-state index contributed by atoms with van der Waals surface area (Å²) < 4.78 is 0. The fourth-order valence-electron chi connectivity index (χ4n) is 1.97. The maximum absolute atomic E-state index is 5.74. The fourth-order valence-corrected chi connectivity index (χ4v) is 2.96.